The van der Waals surface area contributed by atoms with Crippen molar-refractivity contribution in [3.05, 3.63) is 53.7 Å². The van der Waals surface area contributed by atoms with E-state index in [0.717, 1.165) is 5.76 Å². The van der Waals surface area contributed by atoms with Crippen LogP contribution >= 0.6 is 0 Å². The fraction of sp³-hybridized carbons (Fsp3) is 0.250. The van der Waals surface area contributed by atoms with E-state index in [2.05, 4.69) is 22.1 Å². The van der Waals surface area contributed by atoms with Crippen molar-refractivity contribution in [2.45, 2.75) is 12.8 Å². The van der Waals surface area contributed by atoms with Gasteiger partial charge in [-0.25, -0.2) is 4.98 Å². The smallest absolute Gasteiger partial charge is 0.271 e. The first kappa shape index (κ1) is 14.8. The number of aliphatic hydroxyl groups excluding tert-OH is 1. The monoisotopic (exact) mass is 284 g/mol. The maximum Gasteiger partial charge on any atom is 0.271 e. The molecule has 0 aliphatic rings. The lowest BCUT2D eigenvalue weighted by atomic mass is 10.2. The van der Waals surface area contributed by atoms with Gasteiger partial charge in [-0.2, -0.15) is 0 Å². The zero-order chi connectivity index (χ0) is 14.9. The Kier molecular flexibility index (Phi) is 5.56. The van der Waals surface area contributed by atoms with E-state index in [1.807, 2.05) is 12.1 Å². The second kappa shape index (κ2) is 7.88. The maximum absolute atomic E-state index is 12.1. The minimum Gasteiger partial charge on any atom is -0.469 e. The highest BCUT2D eigenvalue weighted by molar-refractivity contribution is 5.94. The molecule has 0 saturated heterocycles. The van der Waals surface area contributed by atoms with Crippen LogP contribution in [0, 0.1) is 11.8 Å². The molecule has 21 heavy (non-hydrogen) atoms. The molecule has 0 bridgehead atoms. The number of nitrogens with one attached hydrogen (secondary N) is 1. The lowest BCUT2D eigenvalue weighted by molar-refractivity contribution is 0.0948. The van der Waals surface area contributed by atoms with Gasteiger partial charge in [-0.15, -0.1) is 0 Å². The van der Waals surface area contributed by atoms with Gasteiger partial charge in [0.05, 0.1) is 18.4 Å². The first-order chi connectivity index (χ1) is 10.3. The van der Waals surface area contributed by atoms with Gasteiger partial charge in [-0.3, -0.25) is 4.79 Å². The molecular formula is C16H16N2O3. The van der Waals surface area contributed by atoms with Gasteiger partial charge in [0.1, 0.15) is 11.5 Å². The molecule has 0 saturated carbocycles. The van der Waals surface area contributed by atoms with Crippen LogP contribution in [0.2, 0.25) is 0 Å². The van der Waals surface area contributed by atoms with Gasteiger partial charge >= 0.3 is 0 Å². The number of carbonyl (C=O) groups is 1. The van der Waals surface area contributed by atoms with Gasteiger partial charge in [0.15, 0.2) is 0 Å². The SMILES string of the molecule is O=C(NCCc1ccco1)c1ncccc1C#CCCO. The molecule has 0 aliphatic heterocycles. The number of rotatable bonds is 5. The summed E-state index contributed by atoms with van der Waals surface area (Å²) in [5.41, 5.74) is 0.851. The lowest BCUT2D eigenvalue weighted by Gasteiger charge is -2.05. The number of carbonyl (C=O) groups excluding carboxylic acids is 1. The van der Waals surface area contributed by atoms with Crippen LogP contribution in [0.1, 0.15) is 28.2 Å². The van der Waals surface area contributed by atoms with Crippen LogP contribution < -0.4 is 5.32 Å². The maximum atomic E-state index is 12.1. The van der Waals surface area contributed by atoms with Crippen LogP contribution in [-0.4, -0.2) is 29.1 Å². The predicted molar refractivity (Wildman–Crippen MR) is 77.6 cm³/mol. The summed E-state index contributed by atoms with van der Waals surface area (Å²) in [6.07, 6.45) is 4.15. The minimum atomic E-state index is -0.268. The molecule has 2 rings (SSSR count). The minimum absolute atomic E-state index is 0.00204. The van der Waals surface area contributed by atoms with E-state index >= 15 is 0 Å². The Bertz CT molecular complexity index is 639. The van der Waals surface area contributed by atoms with Gasteiger partial charge in [-0.05, 0) is 24.3 Å². The van der Waals surface area contributed by atoms with Crippen LogP contribution in [0.25, 0.3) is 0 Å². The topological polar surface area (TPSA) is 75.4 Å². The van der Waals surface area contributed by atoms with Crippen LogP contribution in [0.4, 0.5) is 0 Å². The molecule has 0 unspecified atom stereocenters. The summed E-state index contributed by atoms with van der Waals surface area (Å²) in [4.78, 5) is 16.2. The van der Waals surface area contributed by atoms with Gasteiger partial charge in [0.25, 0.3) is 5.91 Å². The van der Waals surface area contributed by atoms with Gasteiger partial charge in [0, 0.05) is 25.6 Å². The summed E-state index contributed by atoms with van der Waals surface area (Å²) in [5.74, 6) is 6.19. The molecule has 0 aromatic carbocycles. The quantitative estimate of drug-likeness (QED) is 0.813. The number of pyridine rings is 1. The molecule has 2 N–H and O–H groups in total. The molecule has 5 heteroatoms. The summed E-state index contributed by atoms with van der Waals surface area (Å²) >= 11 is 0. The second-order valence-electron chi connectivity index (χ2n) is 4.26. The number of aliphatic hydroxyl groups is 1. The van der Waals surface area contributed by atoms with Crippen molar-refractivity contribution in [3.63, 3.8) is 0 Å². The number of hydrogen-bond acceptors (Lipinski definition) is 4. The molecule has 0 spiro atoms. The highest BCUT2D eigenvalue weighted by Crippen LogP contribution is 2.04. The molecular weight excluding hydrogens is 268 g/mol. The first-order valence-corrected chi connectivity index (χ1v) is 6.66. The largest absolute Gasteiger partial charge is 0.469 e. The van der Waals surface area contributed by atoms with Crippen molar-refractivity contribution in [3.8, 4) is 11.8 Å². The third-order valence-electron chi connectivity index (χ3n) is 2.72. The zero-order valence-corrected chi connectivity index (χ0v) is 11.5. The molecule has 1 amide bonds. The Morgan fingerprint density at radius 3 is 3.05 bits per heavy atom. The molecule has 2 aromatic heterocycles. The fourth-order valence-corrected chi connectivity index (χ4v) is 1.74. The van der Waals surface area contributed by atoms with Crippen molar-refractivity contribution in [1.82, 2.24) is 10.3 Å². The highest BCUT2D eigenvalue weighted by atomic mass is 16.3. The second-order valence-corrected chi connectivity index (χ2v) is 4.26. The molecule has 108 valence electrons. The Morgan fingerprint density at radius 1 is 1.38 bits per heavy atom. The normalized spacial score (nSPS) is 9.76. The van der Waals surface area contributed by atoms with E-state index in [1.54, 1.807) is 24.6 Å². The highest BCUT2D eigenvalue weighted by Gasteiger charge is 2.11. The van der Waals surface area contributed by atoms with Crippen LogP contribution in [0.15, 0.2) is 41.1 Å². The van der Waals surface area contributed by atoms with E-state index in [0.29, 0.717) is 30.6 Å². The Balaban J connectivity index is 1.97. The van der Waals surface area contributed by atoms with Gasteiger partial charge in [-0.1, -0.05) is 11.8 Å². The van der Waals surface area contributed by atoms with Crippen molar-refractivity contribution in [2.24, 2.45) is 0 Å². The zero-order valence-electron chi connectivity index (χ0n) is 11.5. The molecule has 0 fully saturated rings. The van der Waals surface area contributed by atoms with E-state index in [9.17, 15) is 4.79 Å². The average Bonchev–Trinajstić information content (AvgIpc) is 3.01. The third-order valence-corrected chi connectivity index (χ3v) is 2.72. The average molecular weight is 284 g/mol. The number of nitrogens with zero attached hydrogens (tertiary/aromatic N) is 1. The van der Waals surface area contributed by atoms with Crippen molar-refractivity contribution >= 4 is 5.91 Å². The predicted octanol–water partition coefficient (Wildman–Crippen LogP) is 1.38. The molecule has 2 heterocycles. The van der Waals surface area contributed by atoms with Crippen molar-refractivity contribution in [1.29, 1.82) is 0 Å². The molecule has 0 atom stereocenters. The molecule has 0 aliphatic carbocycles. The third kappa shape index (κ3) is 4.48. The summed E-state index contributed by atoms with van der Waals surface area (Å²) < 4.78 is 5.20. The Morgan fingerprint density at radius 2 is 2.29 bits per heavy atom. The first-order valence-electron chi connectivity index (χ1n) is 6.66. The Labute approximate surface area is 123 Å². The van der Waals surface area contributed by atoms with Crippen molar-refractivity contribution < 1.29 is 14.3 Å². The number of furan rings is 1. The van der Waals surface area contributed by atoms with Gasteiger partial charge < -0.3 is 14.8 Å². The van der Waals surface area contributed by atoms with Crippen LogP contribution in [0.5, 0.6) is 0 Å². The molecule has 5 nitrogen and oxygen atoms in total. The number of hydrogen-bond donors (Lipinski definition) is 2. The van der Waals surface area contributed by atoms with E-state index in [1.165, 1.54) is 0 Å². The number of amides is 1. The standard InChI is InChI=1S/C16H16N2O3/c19-11-2-1-5-13-6-3-9-17-15(13)16(20)18-10-8-14-7-4-12-21-14/h3-4,6-7,9,12,19H,2,8,10-11H2,(H,18,20). The Hall–Kier alpha value is -2.58. The summed E-state index contributed by atoms with van der Waals surface area (Å²) in [7, 11) is 0. The number of aromatic nitrogens is 1. The molecule has 0 radical (unpaired) electrons. The molecule has 2 aromatic rings. The van der Waals surface area contributed by atoms with E-state index < -0.39 is 0 Å². The van der Waals surface area contributed by atoms with Crippen LogP contribution in [-0.2, 0) is 6.42 Å². The summed E-state index contributed by atoms with van der Waals surface area (Å²) in [6, 6.07) is 7.13. The summed E-state index contributed by atoms with van der Waals surface area (Å²) in [5, 5.41) is 11.5. The summed E-state index contributed by atoms with van der Waals surface area (Å²) in [6.45, 7) is 0.463. The van der Waals surface area contributed by atoms with Gasteiger partial charge in [0.2, 0.25) is 0 Å². The van der Waals surface area contributed by atoms with E-state index in [-0.39, 0.29) is 12.5 Å². The fourth-order valence-electron chi connectivity index (χ4n) is 1.74. The van der Waals surface area contributed by atoms with Crippen LogP contribution in [0.3, 0.4) is 0 Å². The van der Waals surface area contributed by atoms with E-state index in [4.69, 9.17) is 9.52 Å². The lowest BCUT2D eigenvalue weighted by Crippen LogP contribution is -2.27. The van der Waals surface area contributed by atoms with Crippen molar-refractivity contribution in [2.75, 3.05) is 13.2 Å².